The van der Waals surface area contributed by atoms with Crippen molar-refractivity contribution in [3.05, 3.63) is 12.2 Å². The lowest BCUT2D eigenvalue weighted by atomic mass is 9.74. The molecule has 116 valence electrons. The zero-order valence-corrected chi connectivity index (χ0v) is 13.5. The maximum absolute atomic E-state index is 12.1. The molecule has 1 amide bonds. The Morgan fingerprint density at radius 2 is 1.75 bits per heavy atom. The second kappa shape index (κ2) is 6.88. The Hall–Kier alpha value is -1.36. The van der Waals surface area contributed by atoms with Crippen molar-refractivity contribution >= 4 is 11.9 Å². The lowest BCUT2D eigenvalue weighted by Crippen LogP contribution is -2.57. The number of nitrogens with zero attached hydrogens (tertiary/aromatic N) is 1. The summed E-state index contributed by atoms with van der Waals surface area (Å²) in [6.45, 7) is 15.7. The van der Waals surface area contributed by atoms with Gasteiger partial charge in [0.1, 0.15) is 0 Å². The minimum absolute atomic E-state index is 0.0511. The number of likely N-dealkylation sites (N-methyl/N-ethyl adjacent to an activating group) is 1. The Kier molecular flexibility index (Phi) is 6.41. The number of hydrogen-bond acceptors (Lipinski definition) is 3. The zero-order valence-electron chi connectivity index (χ0n) is 13.5. The molecule has 0 rings (SSSR count). The number of amides is 1. The van der Waals surface area contributed by atoms with Gasteiger partial charge in [0.2, 0.25) is 5.91 Å². The molecule has 0 aromatic carbocycles. The third-order valence-corrected chi connectivity index (χ3v) is 3.97. The van der Waals surface area contributed by atoms with E-state index in [1.54, 1.807) is 32.6 Å². The van der Waals surface area contributed by atoms with Crippen molar-refractivity contribution in [1.29, 1.82) is 0 Å². The van der Waals surface area contributed by atoms with E-state index in [0.717, 1.165) is 5.57 Å². The van der Waals surface area contributed by atoms with Gasteiger partial charge in [0.05, 0.1) is 12.0 Å². The van der Waals surface area contributed by atoms with Gasteiger partial charge in [-0.2, -0.15) is 0 Å². The number of carbonyl (C=O) groups excluding carboxylic acids is 1. The van der Waals surface area contributed by atoms with Gasteiger partial charge in [-0.15, -0.1) is 0 Å². The van der Waals surface area contributed by atoms with Crippen LogP contribution in [0.2, 0.25) is 0 Å². The van der Waals surface area contributed by atoms with Crippen LogP contribution < -0.4 is 5.32 Å². The van der Waals surface area contributed by atoms with Gasteiger partial charge >= 0.3 is 5.97 Å². The van der Waals surface area contributed by atoms with E-state index in [4.69, 9.17) is 0 Å². The Morgan fingerprint density at radius 3 is 2.10 bits per heavy atom. The largest absolute Gasteiger partial charge is 0.481 e. The van der Waals surface area contributed by atoms with E-state index >= 15 is 0 Å². The van der Waals surface area contributed by atoms with Crippen molar-refractivity contribution < 1.29 is 14.7 Å². The van der Waals surface area contributed by atoms with E-state index in [-0.39, 0.29) is 12.5 Å². The predicted octanol–water partition coefficient (Wildman–Crippen LogP) is 1.89. The lowest BCUT2D eigenvalue weighted by Gasteiger charge is -2.39. The average Bonchev–Trinajstić information content (AvgIpc) is 2.32. The molecule has 0 bridgehead atoms. The molecule has 0 aliphatic rings. The van der Waals surface area contributed by atoms with Crippen molar-refractivity contribution in [2.75, 3.05) is 19.6 Å². The van der Waals surface area contributed by atoms with E-state index in [1.165, 1.54) is 0 Å². The van der Waals surface area contributed by atoms with Crippen LogP contribution >= 0.6 is 0 Å². The summed E-state index contributed by atoms with van der Waals surface area (Å²) in [5.74, 6) is -0.943. The molecule has 0 spiro atoms. The average molecular weight is 284 g/mol. The Labute approximate surface area is 122 Å². The van der Waals surface area contributed by atoms with Crippen molar-refractivity contribution in [3.8, 4) is 0 Å². The second-order valence-corrected chi connectivity index (χ2v) is 6.27. The monoisotopic (exact) mass is 284 g/mol. The van der Waals surface area contributed by atoms with Crippen molar-refractivity contribution in [2.24, 2.45) is 5.41 Å². The molecule has 20 heavy (non-hydrogen) atoms. The number of rotatable bonds is 8. The maximum atomic E-state index is 12.1. The van der Waals surface area contributed by atoms with E-state index in [1.807, 2.05) is 13.8 Å². The fourth-order valence-corrected chi connectivity index (χ4v) is 1.60. The van der Waals surface area contributed by atoms with Crippen molar-refractivity contribution in [3.63, 3.8) is 0 Å². The van der Waals surface area contributed by atoms with Crippen LogP contribution in [0.3, 0.4) is 0 Å². The highest BCUT2D eigenvalue weighted by molar-refractivity contribution is 5.79. The Bertz CT molecular complexity index is 387. The van der Waals surface area contributed by atoms with Crippen LogP contribution in [0.1, 0.15) is 41.5 Å². The quantitative estimate of drug-likeness (QED) is 0.668. The molecule has 0 aliphatic heterocycles. The van der Waals surface area contributed by atoms with E-state index in [0.29, 0.717) is 13.1 Å². The summed E-state index contributed by atoms with van der Waals surface area (Å²) in [7, 11) is 0. The number of carboxylic acids is 1. The summed E-state index contributed by atoms with van der Waals surface area (Å²) in [5, 5.41) is 12.3. The minimum Gasteiger partial charge on any atom is -0.481 e. The standard InChI is InChI=1S/C15H28N2O3/c1-8-17(10-11(2)3)12(18)9-16-15(6,7)14(4,5)13(19)20/h16H,2,8-10H2,1,3-7H3,(H,19,20). The van der Waals surface area contributed by atoms with Gasteiger partial charge in [-0.3, -0.25) is 9.59 Å². The molecule has 0 aromatic rings. The summed E-state index contributed by atoms with van der Waals surface area (Å²) in [6.07, 6.45) is 0. The van der Waals surface area contributed by atoms with Crippen LogP contribution in [0.5, 0.6) is 0 Å². The Balaban J connectivity index is 4.71. The number of aliphatic carboxylic acids is 1. The van der Waals surface area contributed by atoms with Crippen LogP contribution in [0.15, 0.2) is 12.2 Å². The molecule has 0 radical (unpaired) electrons. The molecule has 0 aromatic heterocycles. The van der Waals surface area contributed by atoms with Gasteiger partial charge in [0.25, 0.3) is 0 Å². The minimum atomic E-state index is -0.974. The molecule has 0 unspecified atom stereocenters. The molecular weight excluding hydrogens is 256 g/mol. The normalized spacial score (nSPS) is 12.1. The van der Waals surface area contributed by atoms with Gasteiger partial charge < -0.3 is 15.3 Å². The van der Waals surface area contributed by atoms with Gasteiger partial charge in [-0.1, -0.05) is 12.2 Å². The molecule has 0 atom stereocenters. The highest BCUT2D eigenvalue weighted by atomic mass is 16.4. The zero-order chi connectivity index (χ0) is 16.1. The molecule has 5 nitrogen and oxygen atoms in total. The predicted molar refractivity (Wildman–Crippen MR) is 80.6 cm³/mol. The number of nitrogens with one attached hydrogen (secondary N) is 1. The SMILES string of the molecule is C=C(C)CN(CC)C(=O)CNC(C)(C)C(C)(C)C(=O)O. The summed E-state index contributed by atoms with van der Waals surface area (Å²) < 4.78 is 0. The summed E-state index contributed by atoms with van der Waals surface area (Å²) >= 11 is 0. The molecule has 0 heterocycles. The first-order valence-electron chi connectivity index (χ1n) is 6.86. The van der Waals surface area contributed by atoms with Crippen molar-refractivity contribution in [1.82, 2.24) is 10.2 Å². The van der Waals surface area contributed by atoms with Gasteiger partial charge in [0.15, 0.2) is 0 Å². The number of carbonyl (C=O) groups is 2. The highest BCUT2D eigenvalue weighted by Crippen LogP contribution is 2.30. The van der Waals surface area contributed by atoms with E-state index < -0.39 is 16.9 Å². The first kappa shape index (κ1) is 18.6. The first-order valence-corrected chi connectivity index (χ1v) is 6.86. The molecule has 0 saturated heterocycles. The van der Waals surface area contributed by atoms with Crippen LogP contribution in [-0.2, 0) is 9.59 Å². The summed E-state index contributed by atoms with van der Waals surface area (Å²) in [4.78, 5) is 25.1. The fourth-order valence-electron chi connectivity index (χ4n) is 1.60. The van der Waals surface area contributed by atoms with E-state index in [9.17, 15) is 14.7 Å². The summed E-state index contributed by atoms with van der Waals surface area (Å²) in [5.41, 5.74) is -0.749. The number of hydrogen-bond donors (Lipinski definition) is 2. The molecular formula is C15H28N2O3. The first-order chi connectivity index (χ1) is 8.95. The van der Waals surface area contributed by atoms with E-state index in [2.05, 4.69) is 11.9 Å². The molecule has 0 fully saturated rings. The molecule has 5 heteroatoms. The van der Waals surface area contributed by atoms with Crippen molar-refractivity contribution in [2.45, 2.75) is 47.1 Å². The maximum Gasteiger partial charge on any atom is 0.310 e. The molecule has 0 aliphatic carbocycles. The highest BCUT2D eigenvalue weighted by Gasteiger charge is 2.43. The van der Waals surface area contributed by atoms with Crippen LogP contribution in [0.25, 0.3) is 0 Å². The van der Waals surface area contributed by atoms with Gasteiger partial charge in [-0.05, 0) is 41.5 Å². The van der Waals surface area contributed by atoms with Crippen LogP contribution in [0, 0.1) is 5.41 Å². The summed E-state index contributed by atoms with van der Waals surface area (Å²) in [6, 6.07) is 0. The van der Waals surface area contributed by atoms with Crippen LogP contribution in [0.4, 0.5) is 0 Å². The van der Waals surface area contributed by atoms with Gasteiger partial charge in [0, 0.05) is 18.6 Å². The Morgan fingerprint density at radius 1 is 1.25 bits per heavy atom. The topological polar surface area (TPSA) is 69.6 Å². The molecule has 0 saturated carbocycles. The number of carboxylic acid groups (broad SMARTS) is 1. The second-order valence-electron chi connectivity index (χ2n) is 6.27. The van der Waals surface area contributed by atoms with Crippen LogP contribution in [-0.4, -0.2) is 47.1 Å². The smallest absolute Gasteiger partial charge is 0.310 e. The third-order valence-electron chi connectivity index (χ3n) is 3.97. The third kappa shape index (κ3) is 4.63. The lowest BCUT2D eigenvalue weighted by molar-refractivity contribution is -0.151. The molecule has 2 N–H and O–H groups in total. The fraction of sp³-hybridized carbons (Fsp3) is 0.733. The van der Waals surface area contributed by atoms with Gasteiger partial charge in [-0.25, -0.2) is 0 Å².